The molecule has 2 nitrogen and oxygen atoms in total. The van der Waals surface area contributed by atoms with Crippen molar-refractivity contribution in [1.82, 2.24) is 9.97 Å². The summed E-state index contributed by atoms with van der Waals surface area (Å²) < 4.78 is 0.644. The van der Waals surface area contributed by atoms with Crippen LogP contribution in [0, 0.1) is 18.5 Å². The molecular weight excluding hydrogens is 240 g/mol. The van der Waals surface area contributed by atoms with Gasteiger partial charge in [0.25, 0.3) is 0 Å². The lowest BCUT2D eigenvalue weighted by Crippen LogP contribution is -1.96. The zero-order valence-electron chi connectivity index (χ0n) is 9.04. The average Bonchev–Trinajstić information content (AvgIpc) is 2.23. The van der Waals surface area contributed by atoms with Crippen LogP contribution in [0.2, 0.25) is 5.02 Å². The Morgan fingerprint density at radius 2 is 2.06 bits per heavy atom. The van der Waals surface area contributed by atoms with Crippen LogP contribution in [0.4, 0.5) is 0 Å². The number of aromatic amines is 1. The monoisotopic (exact) mass is 250 g/mol. The van der Waals surface area contributed by atoms with Crippen LogP contribution in [0.3, 0.4) is 0 Å². The van der Waals surface area contributed by atoms with Gasteiger partial charge in [-0.25, -0.2) is 4.98 Å². The van der Waals surface area contributed by atoms with Crippen LogP contribution in [0.1, 0.15) is 11.4 Å². The zero-order valence-corrected chi connectivity index (χ0v) is 10.6. The van der Waals surface area contributed by atoms with E-state index in [2.05, 4.69) is 9.97 Å². The number of nitrogens with one attached hydrogen (secondary N) is 1. The standard InChI is InChI=1S/C12H11ClN2S/c1-7-8(2)15-12(16)11(14-7)9-4-3-5-10(13)6-9/h3-6H,1-2H3,(H,15,16). The molecule has 1 aromatic carbocycles. The molecule has 4 heteroatoms. The van der Waals surface area contributed by atoms with E-state index in [1.807, 2.05) is 38.1 Å². The molecule has 0 fully saturated rings. The summed E-state index contributed by atoms with van der Waals surface area (Å²) >= 11 is 11.2. The summed E-state index contributed by atoms with van der Waals surface area (Å²) in [5.41, 5.74) is 3.66. The van der Waals surface area contributed by atoms with E-state index in [1.165, 1.54) is 0 Å². The largest absolute Gasteiger partial charge is 0.347 e. The maximum absolute atomic E-state index is 5.95. The maximum Gasteiger partial charge on any atom is 0.130 e. The Labute approximate surface area is 104 Å². The summed E-state index contributed by atoms with van der Waals surface area (Å²) in [6.45, 7) is 3.91. The summed E-state index contributed by atoms with van der Waals surface area (Å²) in [5.74, 6) is 0. The highest BCUT2D eigenvalue weighted by Gasteiger charge is 2.05. The number of aromatic nitrogens is 2. The number of rotatable bonds is 1. The topological polar surface area (TPSA) is 28.7 Å². The van der Waals surface area contributed by atoms with Crippen LogP contribution in [0.15, 0.2) is 24.3 Å². The number of hydrogen-bond acceptors (Lipinski definition) is 2. The fourth-order valence-electron chi connectivity index (χ4n) is 1.45. The number of H-pyrrole nitrogens is 1. The molecule has 0 aliphatic carbocycles. The highest BCUT2D eigenvalue weighted by atomic mass is 35.5. The van der Waals surface area contributed by atoms with Gasteiger partial charge >= 0.3 is 0 Å². The summed E-state index contributed by atoms with van der Waals surface area (Å²) in [6, 6.07) is 7.54. The van der Waals surface area contributed by atoms with E-state index in [-0.39, 0.29) is 0 Å². The van der Waals surface area contributed by atoms with Crippen LogP contribution in [-0.2, 0) is 0 Å². The second kappa shape index (κ2) is 4.36. The molecule has 0 radical (unpaired) electrons. The lowest BCUT2D eigenvalue weighted by molar-refractivity contribution is 1.04. The third-order valence-corrected chi connectivity index (χ3v) is 2.97. The molecular formula is C12H11ClN2S. The maximum atomic E-state index is 5.95. The fraction of sp³-hybridized carbons (Fsp3) is 0.167. The van der Waals surface area contributed by atoms with Gasteiger partial charge in [-0.1, -0.05) is 36.0 Å². The molecule has 0 spiro atoms. The SMILES string of the molecule is Cc1nc(-c2cccc(Cl)c2)c(=S)[nH]c1C. The molecule has 0 amide bonds. The van der Waals surface area contributed by atoms with Gasteiger partial charge in [-0.15, -0.1) is 0 Å². The van der Waals surface area contributed by atoms with E-state index < -0.39 is 0 Å². The molecule has 0 aliphatic heterocycles. The van der Waals surface area contributed by atoms with Crippen LogP contribution in [0.25, 0.3) is 11.3 Å². The van der Waals surface area contributed by atoms with Crippen molar-refractivity contribution < 1.29 is 0 Å². The normalized spacial score (nSPS) is 10.4. The summed E-state index contributed by atoms with van der Waals surface area (Å²) in [6.07, 6.45) is 0. The Morgan fingerprint density at radius 3 is 2.75 bits per heavy atom. The van der Waals surface area contributed by atoms with Gasteiger partial charge in [0.05, 0.1) is 5.69 Å². The highest BCUT2D eigenvalue weighted by molar-refractivity contribution is 7.71. The van der Waals surface area contributed by atoms with Crippen molar-refractivity contribution in [2.45, 2.75) is 13.8 Å². The molecule has 1 aromatic heterocycles. The van der Waals surface area contributed by atoms with Crippen LogP contribution < -0.4 is 0 Å². The molecule has 1 heterocycles. The molecule has 2 aromatic rings. The molecule has 2 rings (SSSR count). The fourth-order valence-corrected chi connectivity index (χ4v) is 1.96. The average molecular weight is 251 g/mol. The Kier molecular flexibility index (Phi) is 3.08. The first-order valence-corrected chi connectivity index (χ1v) is 5.70. The van der Waals surface area contributed by atoms with E-state index in [1.54, 1.807) is 0 Å². The van der Waals surface area contributed by atoms with Crippen molar-refractivity contribution in [2.24, 2.45) is 0 Å². The minimum Gasteiger partial charge on any atom is -0.347 e. The third kappa shape index (κ3) is 2.15. The number of halogens is 1. The van der Waals surface area contributed by atoms with E-state index in [9.17, 15) is 0 Å². The van der Waals surface area contributed by atoms with Gasteiger partial charge in [0.15, 0.2) is 0 Å². The lowest BCUT2D eigenvalue weighted by atomic mass is 10.1. The third-order valence-electron chi connectivity index (χ3n) is 2.44. The van der Waals surface area contributed by atoms with Gasteiger partial charge in [-0.2, -0.15) is 0 Å². The Balaban J connectivity index is 2.65. The van der Waals surface area contributed by atoms with E-state index in [4.69, 9.17) is 23.8 Å². The van der Waals surface area contributed by atoms with Gasteiger partial charge in [-0.05, 0) is 26.0 Å². The number of nitrogens with zero attached hydrogens (tertiary/aromatic N) is 1. The molecule has 0 saturated carbocycles. The quantitative estimate of drug-likeness (QED) is 0.773. The molecule has 0 aliphatic rings. The van der Waals surface area contributed by atoms with Crippen molar-refractivity contribution in [1.29, 1.82) is 0 Å². The first kappa shape index (κ1) is 11.3. The second-order valence-corrected chi connectivity index (χ2v) is 4.48. The molecule has 16 heavy (non-hydrogen) atoms. The van der Waals surface area contributed by atoms with Crippen molar-refractivity contribution >= 4 is 23.8 Å². The van der Waals surface area contributed by atoms with Crippen molar-refractivity contribution in [3.63, 3.8) is 0 Å². The summed E-state index contributed by atoms with van der Waals surface area (Å²) in [4.78, 5) is 7.62. The van der Waals surface area contributed by atoms with Crippen molar-refractivity contribution in [2.75, 3.05) is 0 Å². The van der Waals surface area contributed by atoms with E-state index >= 15 is 0 Å². The smallest absolute Gasteiger partial charge is 0.130 e. The van der Waals surface area contributed by atoms with Crippen LogP contribution in [-0.4, -0.2) is 9.97 Å². The lowest BCUT2D eigenvalue weighted by Gasteiger charge is -2.05. The number of hydrogen-bond donors (Lipinski definition) is 1. The van der Waals surface area contributed by atoms with Crippen molar-refractivity contribution in [3.8, 4) is 11.3 Å². The minimum atomic E-state index is 0.644. The van der Waals surface area contributed by atoms with Crippen molar-refractivity contribution in [3.05, 3.63) is 45.3 Å². The Morgan fingerprint density at radius 1 is 1.31 bits per heavy atom. The van der Waals surface area contributed by atoms with Gasteiger partial charge in [0.1, 0.15) is 10.3 Å². The molecule has 0 unspecified atom stereocenters. The second-order valence-electron chi connectivity index (χ2n) is 3.64. The van der Waals surface area contributed by atoms with E-state index in [0.717, 1.165) is 22.6 Å². The zero-order chi connectivity index (χ0) is 11.7. The Bertz CT molecular complexity index is 590. The van der Waals surface area contributed by atoms with Gasteiger partial charge in [0.2, 0.25) is 0 Å². The predicted octanol–water partition coefficient (Wildman–Crippen LogP) is 4.08. The van der Waals surface area contributed by atoms with Gasteiger partial charge in [-0.3, -0.25) is 0 Å². The van der Waals surface area contributed by atoms with Gasteiger partial charge < -0.3 is 4.98 Å². The molecule has 0 atom stereocenters. The highest BCUT2D eigenvalue weighted by Crippen LogP contribution is 2.22. The van der Waals surface area contributed by atoms with Crippen LogP contribution in [0.5, 0.6) is 0 Å². The predicted molar refractivity (Wildman–Crippen MR) is 69.3 cm³/mol. The molecule has 82 valence electrons. The molecule has 0 bridgehead atoms. The molecule has 1 N–H and O–H groups in total. The first-order valence-electron chi connectivity index (χ1n) is 4.91. The molecule has 0 saturated heterocycles. The van der Waals surface area contributed by atoms with E-state index in [0.29, 0.717) is 9.66 Å². The first-order chi connectivity index (χ1) is 7.58. The number of benzene rings is 1. The summed E-state index contributed by atoms with van der Waals surface area (Å²) in [5, 5.41) is 0.687. The summed E-state index contributed by atoms with van der Waals surface area (Å²) in [7, 11) is 0. The minimum absolute atomic E-state index is 0.644. The number of aryl methyl sites for hydroxylation is 2. The van der Waals surface area contributed by atoms with Gasteiger partial charge in [0, 0.05) is 16.3 Å². The van der Waals surface area contributed by atoms with Crippen LogP contribution >= 0.6 is 23.8 Å². The Hall–Kier alpha value is -1.19.